The van der Waals surface area contributed by atoms with Crippen molar-refractivity contribution in [2.75, 3.05) is 18.0 Å². The smallest absolute Gasteiger partial charge is 0.475 e. The predicted molar refractivity (Wildman–Crippen MR) is 128 cm³/mol. The number of aryl methyl sites for hydroxylation is 1. The van der Waals surface area contributed by atoms with Crippen molar-refractivity contribution in [2.45, 2.75) is 42.0 Å². The molecular weight excluding hydrogens is 553 g/mol. The number of nitrogens with two attached hydrogens (primary N) is 1. The van der Waals surface area contributed by atoms with Crippen LogP contribution in [0.25, 0.3) is 22.1 Å². The molecule has 5 heterocycles. The number of H-pyrrole nitrogens is 1. The van der Waals surface area contributed by atoms with Crippen LogP contribution in [0, 0.1) is 0 Å². The van der Waals surface area contributed by atoms with Gasteiger partial charge in [-0.3, -0.25) is 4.98 Å². The minimum absolute atomic E-state index is 0.176. The highest BCUT2D eigenvalue weighted by Crippen LogP contribution is 2.38. The molecule has 1 fully saturated rings. The summed E-state index contributed by atoms with van der Waals surface area (Å²) < 4.78 is 38.2. The van der Waals surface area contributed by atoms with Gasteiger partial charge in [-0.25, -0.2) is 14.8 Å². The van der Waals surface area contributed by atoms with Crippen molar-refractivity contribution in [3.63, 3.8) is 0 Å². The molecule has 5 rings (SSSR count). The number of furan rings is 1. The number of carboxylic acid groups (broad SMARTS) is 1. The zero-order valence-corrected chi connectivity index (χ0v) is 20.7. The number of pyridine rings is 1. The topological polar surface area (TPSA) is 134 Å². The lowest BCUT2D eigenvalue weighted by Crippen LogP contribution is -2.27. The molecule has 0 aromatic carbocycles. The zero-order chi connectivity index (χ0) is 25.3. The quantitative estimate of drug-likeness (QED) is 0.296. The van der Waals surface area contributed by atoms with Crippen LogP contribution < -0.4 is 10.6 Å². The molecule has 1 atom stereocenters. The van der Waals surface area contributed by atoms with Gasteiger partial charge in [-0.2, -0.15) is 13.2 Å². The van der Waals surface area contributed by atoms with E-state index in [-0.39, 0.29) is 6.04 Å². The molecule has 9 nitrogen and oxygen atoms in total. The van der Waals surface area contributed by atoms with E-state index in [4.69, 9.17) is 30.0 Å². The van der Waals surface area contributed by atoms with Gasteiger partial charge in [0.2, 0.25) is 0 Å². The first-order chi connectivity index (χ1) is 16.6. The number of hydrogen-bond donors (Lipinski definition) is 3. The van der Waals surface area contributed by atoms with Crippen LogP contribution >= 0.6 is 27.7 Å². The van der Waals surface area contributed by atoms with Gasteiger partial charge in [-0.15, -0.1) is 0 Å². The first-order valence-electron chi connectivity index (χ1n) is 10.5. The normalized spacial score (nSPS) is 16.1. The Morgan fingerprint density at radius 1 is 1.43 bits per heavy atom. The number of aromatic nitrogens is 4. The highest BCUT2D eigenvalue weighted by atomic mass is 79.9. The summed E-state index contributed by atoms with van der Waals surface area (Å²) in [5.41, 5.74) is 9.71. The van der Waals surface area contributed by atoms with Gasteiger partial charge in [-0.1, -0.05) is 6.92 Å². The van der Waals surface area contributed by atoms with E-state index in [2.05, 4.69) is 37.7 Å². The standard InChI is InChI=1S/C19H19BrN6OS.C2HF3O2/c1-2-12-16(20)15-17(23-12)24-19(25-18(15)26-5-3-10(21)9-26)28-11-7-14-13(22-8-11)4-6-27-14;3-2(4,5)1(6)7/h4,6-8,10H,2-3,5,9,21H2,1H3,(H,23,24,25);(H,6,7). The minimum atomic E-state index is -5.08. The average molecular weight is 573 g/mol. The highest BCUT2D eigenvalue weighted by Gasteiger charge is 2.38. The molecule has 0 radical (unpaired) electrons. The van der Waals surface area contributed by atoms with Gasteiger partial charge in [0.05, 0.1) is 16.1 Å². The molecule has 1 aliphatic rings. The Morgan fingerprint density at radius 3 is 2.80 bits per heavy atom. The van der Waals surface area contributed by atoms with E-state index < -0.39 is 12.1 Å². The number of alkyl halides is 3. The molecule has 0 bridgehead atoms. The van der Waals surface area contributed by atoms with Crippen molar-refractivity contribution in [3.05, 3.63) is 34.8 Å². The molecule has 0 spiro atoms. The highest BCUT2D eigenvalue weighted by molar-refractivity contribution is 9.10. The largest absolute Gasteiger partial charge is 0.490 e. The van der Waals surface area contributed by atoms with E-state index in [9.17, 15) is 13.2 Å². The molecule has 1 saturated heterocycles. The van der Waals surface area contributed by atoms with Crippen molar-refractivity contribution in [2.24, 2.45) is 5.73 Å². The third-order valence-electron chi connectivity index (χ3n) is 5.23. The van der Waals surface area contributed by atoms with Crippen LogP contribution in [0.3, 0.4) is 0 Å². The predicted octanol–water partition coefficient (Wildman–Crippen LogP) is 4.75. The van der Waals surface area contributed by atoms with Crippen LogP contribution in [-0.4, -0.2) is 56.3 Å². The Balaban J connectivity index is 0.000000364. The Labute approximate surface area is 209 Å². The van der Waals surface area contributed by atoms with E-state index in [1.807, 2.05) is 18.3 Å². The Hall–Kier alpha value is -2.84. The number of fused-ring (bicyclic) bond motifs is 2. The molecule has 14 heteroatoms. The fraction of sp³-hybridized carbons (Fsp3) is 0.333. The van der Waals surface area contributed by atoms with Crippen molar-refractivity contribution >= 4 is 61.6 Å². The lowest BCUT2D eigenvalue weighted by atomic mass is 10.3. The summed E-state index contributed by atoms with van der Waals surface area (Å²) in [4.78, 5) is 29.6. The number of aliphatic carboxylic acids is 1. The molecule has 1 aliphatic heterocycles. The first-order valence-corrected chi connectivity index (χ1v) is 12.1. The van der Waals surface area contributed by atoms with Gasteiger partial charge in [0.25, 0.3) is 0 Å². The van der Waals surface area contributed by atoms with Gasteiger partial charge in [0, 0.05) is 42.0 Å². The Kier molecular flexibility index (Phi) is 7.24. The van der Waals surface area contributed by atoms with E-state index in [1.54, 1.807) is 6.26 Å². The molecule has 35 heavy (non-hydrogen) atoms. The van der Waals surface area contributed by atoms with Crippen LogP contribution in [0.15, 0.2) is 43.5 Å². The number of nitrogens with one attached hydrogen (secondary N) is 1. The van der Waals surface area contributed by atoms with Gasteiger partial charge in [-0.05, 0) is 46.6 Å². The third-order valence-corrected chi connectivity index (χ3v) is 6.93. The van der Waals surface area contributed by atoms with E-state index in [0.29, 0.717) is 5.16 Å². The summed E-state index contributed by atoms with van der Waals surface area (Å²) in [6.45, 7) is 3.82. The summed E-state index contributed by atoms with van der Waals surface area (Å²) in [5.74, 6) is -1.83. The molecule has 0 saturated carbocycles. The molecule has 4 aromatic heterocycles. The van der Waals surface area contributed by atoms with Crippen molar-refractivity contribution in [1.82, 2.24) is 19.9 Å². The number of anilines is 1. The van der Waals surface area contributed by atoms with Crippen molar-refractivity contribution in [3.8, 4) is 0 Å². The SMILES string of the molecule is CCc1[nH]c2nc(Sc3cnc4ccoc4c3)nc(N3CCC(N)C3)c2c1Br.O=C(O)C(F)(F)F. The molecular formula is C21H20BrF3N6O3S. The fourth-order valence-corrected chi connectivity index (χ4v) is 5.05. The molecule has 0 aliphatic carbocycles. The molecule has 186 valence electrons. The van der Waals surface area contributed by atoms with Gasteiger partial charge < -0.3 is 25.1 Å². The minimum Gasteiger partial charge on any atom is -0.475 e. The second kappa shape index (κ2) is 10.0. The fourth-order valence-electron chi connectivity index (χ4n) is 3.56. The van der Waals surface area contributed by atoms with Crippen LogP contribution in [0.5, 0.6) is 0 Å². The second-order valence-electron chi connectivity index (χ2n) is 7.70. The number of hydrogen-bond acceptors (Lipinski definition) is 8. The Bertz CT molecular complexity index is 1380. The molecule has 1 unspecified atom stereocenters. The average Bonchev–Trinajstić information content (AvgIpc) is 3.51. The lowest BCUT2D eigenvalue weighted by molar-refractivity contribution is -0.192. The van der Waals surface area contributed by atoms with Crippen molar-refractivity contribution in [1.29, 1.82) is 0 Å². The molecule has 4 aromatic rings. The molecule has 4 N–H and O–H groups in total. The summed E-state index contributed by atoms with van der Waals surface area (Å²) in [6.07, 6.45) is 0.239. The van der Waals surface area contributed by atoms with Gasteiger partial charge in [0.15, 0.2) is 10.7 Å². The second-order valence-corrected chi connectivity index (χ2v) is 9.53. The maximum absolute atomic E-state index is 10.6. The summed E-state index contributed by atoms with van der Waals surface area (Å²) >= 11 is 5.22. The monoisotopic (exact) mass is 572 g/mol. The maximum Gasteiger partial charge on any atom is 0.490 e. The van der Waals surface area contributed by atoms with E-state index in [1.165, 1.54) is 11.8 Å². The number of halogens is 4. The van der Waals surface area contributed by atoms with E-state index >= 15 is 0 Å². The number of rotatable bonds is 4. The summed E-state index contributed by atoms with van der Waals surface area (Å²) in [5, 5.41) is 8.82. The Morgan fingerprint density at radius 2 is 2.17 bits per heavy atom. The number of carboxylic acids is 1. The summed E-state index contributed by atoms with van der Waals surface area (Å²) in [7, 11) is 0. The maximum atomic E-state index is 10.6. The summed E-state index contributed by atoms with van der Waals surface area (Å²) in [6, 6.07) is 3.99. The molecule has 0 amide bonds. The van der Waals surface area contributed by atoms with Gasteiger partial charge >= 0.3 is 12.1 Å². The van der Waals surface area contributed by atoms with Crippen LogP contribution in [0.4, 0.5) is 19.0 Å². The van der Waals surface area contributed by atoms with Crippen LogP contribution in [0.2, 0.25) is 0 Å². The van der Waals surface area contributed by atoms with Crippen LogP contribution in [-0.2, 0) is 11.2 Å². The van der Waals surface area contributed by atoms with Gasteiger partial charge in [0.1, 0.15) is 17.0 Å². The lowest BCUT2D eigenvalue weighted by Gasteiger charge is -2.18. The van der Waals surface area contributed by atoms with Crippen molar-refractivity contribution < 1.29 is 27.5 Å². The zero-order valence-electron chi connectivity index (χ0n) is 18.3. The third kappa shape index (κ3) is 5.54. The number of aromatic amines is 1. The number of nitrogens with zero attached hydrogens (tertiary/aromatic N) is 4. The van der Waals surface area contributed by atoms with Crippen LogP contribution in [0.1, 0.15) is 19.0 Å². The van der Waals surface area contributed by atoms with E-state index in [0.717, 1.165) is 68.9 Å². The first kappa shape index (κ1) is 25.3. The number of carbonyl (C=O) groups is 1.